The van der Waals surface area contributed by atoms with Gasteiger partial charge in [0.15, 0.2) is 0 Å². The predicted molar refractivity (Wildman–Crippen MR) is 330 cm³/mol. The summed E-state index contributed by atoms with van der Waals surface area (Å²) in [5, 5.41) is 0. The summed E-state index contributed by atoms with van der Waals surface area (Å²) in [7, 11) is 0. The van der Waals surface area contributed by atoms with E-state index in [-0.39, 0.29) is 48.7 Å². The number of carbonyl (C=O) groups excluding carboxylic acids is 4. The van der Waals surface area contributed by atoms with Crippen molar-refractivity contribution in [2.75, 3.05) is 26.4 Å². The van der Waals surface area contributed by atoms with Crippen molar-refractivity contribution >= 4 is 23.9 Å². The Morgan fingerprint density at radius 3 is 0.526 bits per heavy atom. The van der Waals surface area contributed by atoms with Crippen molar-refractivity contribution in [1.29, 1.82) is 0 Å². The molecule has 8 heteroatoms. The first kappa shape index (κ1) is 73.1. The first-order valence-corrected chi connectivity index (χ1v) is 34.3. The number of unbranched alkanes of at least 4 members (excludes halogenated alkanes) is 48. The maximum absolute atomic E-state index is 14.3. The van der Waals surface area contributed by atoms with Crippen LogP contribution in [-0.4, -0.2) is 50.3 Å². The van der Waals surface area contributed by atoms with Gasteiger partial charge in [-0.2, -0.15) is 0 Å². The molecule has 1 aromatic rings. The van der Waals surface area contributed by atoms with Crippen LogP contribution < -0.4 is 0 Å². The van der Waals surface area contributed by atoms with Gasteiger partial charge in [0.2, 0.25) is 0 Å². The molecule has 0 aliphatic heterocycles. The van der Waals surface area contributed by atoms with Crippen molar-refractivity contribution < 1.29 is 38.1 Å². The Morgan fingerprint density at radius 2 is 0.359 bits per heavy atom. The van der Waals surface area contributed by atoms with Crippen molar-refractivity contribution in [3.05, 3.63) is 34.4 Å². The quantitative estimate of drug-likeness (QED) is 0.0361. The van der Waals surface area contributed by atoms with Crippen LogP contribution in [0.25, 0.3) is 0 Å². The average Bonchev–Trinajstić information content (AvgIpc) is 3.46. The lowest BCUT2D eigenvalue weighted by molar-refractivity contribution is 0.0415. The molecule has 0 bridgehead atoms. The molecular formula is C70H126O8. The Hall–Kier alpha value is -2.90. The van der Waals surface area contributed by atoms with Gasteiger partial charge in [-0.25, -0.2) is 19.2 Å². The Bertz CT molecular complexity index is 1410. The third kappa shape index (κ3) is 42.9. The lowest BCUT2D eigenvalue weighted by atomic mass is 9.95. The Balaban J connectivity index is 3.03. The minimum Gasteiger partial charge on any atom is -0.462 e. The van der Waals surface area contributed by atoms with Crippen LogP contribution >= 0.6 is 0 Å². The van der Waals surface area contributed by atoms with Gasteiger partial charge in [-0.15, -0.1) is 0 Å². The summed E-state index contributed by atoms with van der Waals surface area (Å²) in [6, 6.07) is 2.86. The highest BCUT2D eigenvalue weighted by Gasteiger charge is 2.33. The van der Waals surface area contributed by atoms with E-state index in [1.165, 1.54) is 256 Å². The number of rotatable bonds is 60. The highest BCUT2D eigenvalue weighted by Crippen LogP contribution is 2.26. The number of carbonyl (C=O) groups is 4. The third-order valence-electron chi connectivity index (χ3n) is 16.0. The normalized spacial score (nSPS) is 11.3. The summed E-state index contributed by atoms with van der Waals surface area (Å²) in [6.45, 7) is 9.73. The van der Waals surface area contributed by atoms with Gasteiger partial charge in [0, 0.05) is 0 Å². The molecule has 1 rings (SSSR count). The fraction of sp³-hybridized carbons (Fsp3) is 0.857. The highest BCUT2D eigenvalue weighted by molar-refractivity contribution is 6.15. The number of benzene rings is 1. The van der Waals surface area contributed by atoms with Gasteiger partial charge in [0.1, 0.15) is 0 Å². The molecule has 0 N–H and O–H groups in total. The van der Waals surface area contributed by atoms with Gasteiger partial charge in [-0.3, -0.25) is 0 Å². The maximum Gasteiger partial charge on any atom is 0.339 e. The van der Waals surface area contributed by atoms with E-state index < -0.39 is 23.9 Å². The lowest BCUT2D eigenvalue weighted by Gasteiger charge is -2.17. The summed E-state index contributed by atoms with van der Waals surface area (Å²) in [6.07, 6.45) is 62.6. The summed E-state index contributed by atoms with van der Waals surface area (Å²) in [5.41, 5.74) is -0.682. The molecule has 0 amide bonds. The molecule has 0 spiro atoms. The zero-order valence-corrected chi connectivity index (χ0v) is 52.0. The van der Waals surface area contributed by atoms with Crippen molar-refractivity contribution in [2.45, 2.75) is 362 Å². The van der Waals surface area contributed by atoms with Crippen LogP contribution in [0, 0.1) is 0 Å². The molecule has 8 nitrogen and oxygen atoms in total. The van der Waals surface area contributed by atoms with Gasteiger partial charge in [-0.1, -0.05) is 336 Å². The van der Waals surface area contributed by atoms with Gasteiger partial charge < -0.3 is 18.9 Å². The molecule has 0 saturated heterocycles. The molecule has 454 valence electrons. The summed E-state index contributed by atoms with van der Waals surface area (Å²) in [4.78, 5) is 56.5. The molecule has 1 aromatic carbocycles. The Kier molecular flexibility index (Phi) is 53.7. The minimum atomic E-state index is -0.819. The van der Waals surface area contributed by atoms with Crippen LogP contribution in [0.15, 0.2) is 12.1 Å². The fourth-order valence-electron chi connectivity index (χ4n) is 10.8. The van der Waals surface area contributed by atoms with E-state index in [9.17, 15) is 19.2 Å². The Morgan fingerprint density at radius 1 is 0.218 bits per heavy atom. The molecular weight excluding hydrogens is 969 g/mol. The first-order valence-electron chi connectivity index (χ1n) is 34.3. The van der Waals surface area contributed by atoms with Gasteiger partial charge in [0.05, 0.1) is 48.7 Å². The van der Waals surface area contributed by atoms with Crippen LogP contribution in [0.1, 0.15) is 403 Å². The molecule has 0 radical (unpaired) electrons. The number of hydrogen-bond donors (Lipinski definition) is 0. The first-order chi connectivity index (χ1) is 38.4. The summed E-state index contributed by atoms with van der Waals surface area (Å²) in [5.74, 6) is -3.06. The second kappa shape index (κ2) is 57.3. The molecule has 0 aliphatic rings. The SMILES string of the molecule is CCCCCCCCCCCCCCCOC(=O)c1ccc(C(=O)OCCCCCCCCCCCCCCC)c(C(=O)OCCCCCCCCCCCCCCC)c1C(=O)OCCCCCCCCCCCCCCC. The van der Waals surface area contributed by atoms with Gasteiger partial charge in [0.25, 0.3) is 0 Å². The topological polar surface area (TPSA) is 105 Å². The second-order valence-corrected chi connectivity index (χ2v) is 23.4. The molecule has 78 heavy (non-hydrogen) atoms. The number of esters is 4. The lowest BCUT2D eigenvalue weighted by Crippen LogP contribution is -2.24. The average molecular weight is 1100 g/mol. The van der Waals surface area contributed by atoms with Crippen LogP contribution in [0.3, 0.4) is 0 Å². The number of ether oxygens (including phenoxy) is 4. The van der Waals surface area contributed by atoms with Gasteiger partial charge in [-0.05, 0) is 37.8 Å². The predicted octanol–water partition coefficient (Wildman–Crippen LogP) is 22.7. The minimum absolute atomic E-state index is 0.0824. The molecule has 0 unspecified atom stereocenters. The monoisotopic (exact) mass is 1090 g/mol. The molecule has 0 aliphatic carbocycles. The smallest absolute Gasteiger partial charge is 0.339 e. The van der Waals surface area contributed by atoms with Crippen LogP contribution in [0.4, 0.5) is 0 Å². The third-order valence-corrected chi connectivity index (χ3v) is 16.0. The van der Waals surface area contributed by atoms with E-state index in [0.717, 1.165) is 64.2 Å². The standard InChI is InChI=1S/C70H126O8/c1-5-9-13-17-21-25-29-33-37-41-45-49-53-59-75-67(71)63-57-58-64(68(72)76-60-54-50-46-42-38-34-30-26-22-18-14-10-6-2)66(70(74)78-62-56-52-48-44-40-36-32-28-24-20-16-12-8-4)65(63)69(73)77-61-55-51-47-43-39-35-31-27-23-19-15-11-7-3/h57-58H,5-56,59-62H2,1-4H3. The van der Waals surface area contributed by atoms with E-state index in [4.69, 9.17) is 18.9 Å². The van der Waals surface area contributed by atoms with E-state index in [0.29, 0.717) is 25.7 Å². The van der Waals surface area contributed by atoms with Crippen LogP contribution in [0.2, 0.25) is 0 Å². The van der Waals surface area contributed by atoms with E-state index in [2.05, 4.69) is 27.7 Å². The molecule has 0 atom stereocenters. The van der Waals surface area contributed by atoms with Gasteiger partial charge >= 0.3 is 23.9 Å². The fourth-order valence-corrected chi connectivity index (χ4v) is 10.8. The van der Waals surface area contributed by atoms with Crippen molar-refractivity contribution in [3.8, 4) is 0 Å². The zero-order valence-electron chi connectivity index (χ0n) is 52.0. The second-order valence-electron chi connectivity index (χ2n) is 23.4. The van der Waals surface area contributed by atoms with Crippen molar-refractivity contribution in [2.24, 2.45) is 0 Å². The van der Waals surface area contributed by atoms with Crippen molar-refractivity contribution in [1.82, 2.24) is 0 Å². The largest absolute Gasteiger partial charge is 0.462 e. The Labute approximate surface area is 482 Å². The van der Waals surface area contributed by atoms with Crippen LogP contribution in [-0.2, 0) is 18.9 Å². The maximum atomic E-state index is 14.3. The highest BCUT2D eigenvalue weighted by atomic mass is 16.5. The van der Waals surface area contributed by atoms with E-state index >= 15 is 0 Å². The number of hydrogen-bond acceptors (Lipinski definition) is 8. The molecule has 0 aromatic heterocycles. The van der Waals surface area contributed by atoms with Crippen LogP contribution in [0.5, 0.6) is 0 Å². The van der Waals surface area contributed by atoms with Crippen molar-refractivity contribution in [3.63, 3.8) is 0 Å². The molecule has 0 saturated carbocycles. The molecule has 0 fully saturated rings. The summed E-state index contributed by atoms with van der Waals surface area (Å²) >= 11 is 0. The molecule has 0 heterocycles. The zero-order chi connectivity index (χ0) is 56.5. The van der Waals surface area contributed by atoms with E-state index in [1.54, 1.807) is 0 Å². The summed E-state index contributed by atoms with van der Waals surface area (Å²) < 4.78 is 23.4. The van der Waals surface area contributed by atoms with E-state index in [1.807, 2.05) is 0 Å².